The van der Waals surface area contributed by atoms with Crippen molar-refractivity contribution in [3.05, 3.63) is 30.3 Å². The van der Waals surface area contributed by atoms with Crippen molar-refractivity contribution in [3.63, 3.8) is 0 Å². The van der Waals surface area contributed by atoms with Gasteiger partial charge < -0.3 is 0 Å². The lowest BCUT2D eigenvalue weighted by atomic mass is 10.3. The minimum Gasteiger partial charge on any atom is -0.298 e. The largest absolute Gasteiger partial charge is 0.482 e. The Labute approximate surface area is 66.6 Å². The fourth-order valence-corrected chi connectivity index (χ4v) is 0.685. The van der Waals surface area contributed by atoms with Crippen LogP contribution in [0.1, 0.15) is 0 Å². The Balaban J connectivity index is 0.00000121. The first-order valence-corrected chi connectivity index (χ1v) is 2.98. The van der Waals surface area contributed by atoms with Gasteiger partial charge in [0.05, 0.1) is 0 Å². The third-order valence-corrected chi connectivity index (χ3v) is 1.06. The molecule has 0 saturated heterocycles. The van der Waals surface area contributed by atoms with Crippen LogP contribution in [0.3, 0.4) is 0 Å². The molecule has 68 valence electrons. The van der Waals surface area contributed by atoms with Gasteiger partial charge in [0.2, 0.25) is 0 Å². The molecule has 0 aliphatic heterocycles. The van der Waals surface area contributed by atoms with Crippen molar-refractivity contribution in [1.29, 1.82) is 0 Å². The number of alkyl halides is 3. The number of halogens is 4. The Morgan fingerprint density at radius 3 is 1.92 bits per heavy atom. The maximum Gasteiger partial charge on any atom is 0.482 e. The molecule has 1 aromatic rings. The molecule has 0 aromatic heterocycles. The summed E-state index contributed by atoms with van der Waals surface area (Å²) in [5, 5.41) is 1.38. The average molecular weight is 181 g/mol. The van der Waals surface area contributed by atoms with Crippen molar-refractivity contribution in [3.8, 4) is 0 Å². The van der Waals surface area contributed by atoms with Crippen LogP contribution in [0.4, 0.5) is 23.6 Å². The molecule has 0 unspecified atom stereocenters. The summed E-state index contributed by atoms with van der Waals surface area (Å²) in [5.74, 6) is 0. The van der Waals surface area contributed by atoms with Crippen molar-refractivity contribution in [1.82, 2.24) is 0 Å². The van der Waals surface area contributed by atoms with Crippen LogP contribution < -0.4 is 5.32 Å². The quantitative estimate of drug-likeness (QED) is 0.518. The zero-order valence-corrected chi connectivity index (χ0v) is 5.93. The molecule has 1 N–H and O–H groups in total. The molecule has 1 aromatic carbocycles. The van der Waals surface area contributed by atoms with Gasteiger partial charge in [-0.2, -0.15) is 13.2 Å². The standard InChI is InChI=1S/C7H6F3N.FH/c8-7(9,10)11-6-4-2-1-3-5-6;/h1-5,11H;1H. The summed E-state index contributed by atoms with van der Waals surface area (Å²) in [6, 6.07) is 7.44. The van der Waals surface area contributed by atoms with Crippen LogP contribution in [0.2, 0.25) is 0 Å². The Kier molecular flexibility index (Phi) is 3.53. The topological polar surface area (TPSA) is 12.0 Å². The third-order valence-electron chi connectivity index (χ3n) is 1.06. The molecule has 0 saturated carbocycles. The van der Waals surface area contributed by atoms with Crippen molar-refractivity contribution in [2.24, 2.45) is 0 Å². The second kappa shape index (κ2) is 3.94. The van der Waals surface area contributed by atoms with E-state index in [1.807, 2.05) is 0 Å². The number of hydrogen-bond donors (Lipinski definition) is 1. The van der Waals surface area contributed by atoms with Gasteiger partial charge in [0.1, 0.15) is 0 Å². The number of anilines is 1. The summed E-state index contributed by atoms with van der Waals surface area (Å²) in [6.07, 6.45) is -4.35. The van der Waals surface area contributed by atoms with E-state index in [1.165, 1.54) is 29.6 Å². The average Bonchev–Trinajstić information content (AvgIpc) is 1.85. The maximum atomic E-state index is 11.6. The first-order valence-electron chi connectivity index (χ1n) is 2.98. The molecular weight excluding hydrogens is 174 g/mol. The highest BCUT2D eigenvalue weighted by molar-refractivity contribution is 5.42. The minimum atomic E-state index is -4.35. The van der Waals surface area contributed by atoms with Crippen LogP contribution in [-0.4, -0.2) is 6.30 Å². The molecule has 0 aliphatic carbocycles. The zero-order chi connectivity index (χ0) is 8.32. The van der Waals surface area contributed by atoms with Gasteiger partial charge in [-0.05, 0) is 12.1 Å². The number of hydrogen-bond acceptors (Lipinski definition) is 1. The van der Waals surface area contributed by atoms with Crippen LogP contribution in [0.25, 0.3) is 0 Å². The highest BCUT2D eigenvalue weighted by Crippen LogP contribution is 2.18. The highest BCUT2D eigenvalue weighted by atomic mass is 19.4. The van der Waals surface area contributed by atoms with E-state index in [4.69, 9.17) is 0 Å². The fourth-order valence-electron chi connectivity index (χ4n) is 0.685. The molecule has 0 aliphatic rings. The van der Waals surface area contributed by atoms with Crippen LogP contribution in [0.5, 0.6) is 0 Å². The lowest BCUT2D eigenvalue weighted by Gasteiger charge is -2.08. The van der Waals surface area contributed by atoms with E-state index in [1.54, 1.807) is 6.07 Å². The number of nitrogens with one attached hydrogen (secondary N) is 1. The fraction of sp³-hybridized carbons (Fsp3) is 0.143. The Hall–Kier alpha value is -1.26. The van der Waals surface area contributed by atoms with Gasteiger partial charge in [-0.1, -0.05) is 18.2 Å². The first kappa shape index (κ1) is 10.7. The van der Waals surface area contributed by atoms with E-state index < -0.39 is 6.30 Å². The van der Waals surface area contributed by atoms with Crippen LogP contribution in [0.15, 0.2) is 30.3 Å². The molecule has 0 fully saturated rings. The number of para-hydroxylation sites is 1. The van der Waals surface area contributed by atoms with Crippen molar-refractivity contribution in [2.45, 2.75) is 6.30 Å². The van der Waals surface area contributed by atoms with E-state index in [0.29, 0.717) is 0 Å². The SMILES string of the molecule is F.FC(F)(F)Nc1ccccc1. The predicted octanol–water partition coefficient (Wildman–Crippen LogP) is 2.77. The molecule has 0 spiro atoms. The summed E-state index contributed by atoms with van der Waals surface area (Å²) >= 11 is 0. The van der Waals surface area contributed by atoms with Crippen LogP contribution >= 0.6 is 0 Å². The zero-order valence-electron chi connectivity index (χ0n) is 5.93. The summed E-state index contributed by atoms with van der Waals surface area (Å²) in [5.41, 5.74) is 0.0556. The summed E-state index contributed by atoms with van der Waals surface area (Å²) in [6.45, 7) is 0. The number of benzene rings is 1. The maximum absolute atomic E-state index is 11.6. The monoisotopic (exact) mass is 181 g/mol. The summed E-state index contributed by atoms with van der Waals surface area (Å²) in [7, 11) is 0. The van der Waals surface area contributed by atoms with Gasteiger partial charge in [-0.25, -0.2) is 0 Å². The first-order chi connectivity index (χ1) is 5.08. The predicted molar refractivity (Wildman–Crippen MR) is 38.6 cm³/mol. The second-order valence-corrected chi connectivity index (χ2v) is 1.99. The highest BCUT2D eigenvalue weighted by Gasteiger charge is 2.26. The molecule has 12 heavy (non-hydrogen) atoms. The van der Waals surface area contributed by atoms with E-state index in [0.717, 1.165) is 0 Å². The van der Waals surface area contributed by atoms with E-state index in [9.17, 15) is 13.2 Å². The summed E-state index contributed by atoms with van der Waals surface area (Å²) in [4.78, 5) is 0. The Morgan fingerprint density at radius 2 is 1.50 bits per heavy atom. The van der Waals surface area contributed by atoms with E-state index in [-0.39, 0.29) is 10.4 Å². The molecule has 0 radical (unpaired) electrons. The molecule has 1 nitrogen and oxygen atoms in total. The van der Waals surface area contributed by atoms with Gasteiger partial charge in [0, 0.05) is 5.69 Å². The van der Waals surface area contributed by atoms with Gasteiger partial charge in [-0.15, -0.1) is 0 Å². The van der Waals surface area contributed by atoms with Crippen LogP contribution in [0, 0.1) is 0 Å². The normalized spacial score (nSPS) is 10.2. The molecular formula is C7H7F4N. The molecule has 0 amide bonds. The molecule has 0 atom stereocenters. The van der Waals surface area contributed by atoms with Gasteiger partial charge in [0.25, 0.3) is 0 Å². The lowest BCUT2D eigenvalue weighted by molar-refractivity contribution is -0.0999. The van der Waals surface area contributed by atoms with Crippen LogP contribution in [-0.2, 0) is 0 Å². The van der Waals surface area contributed by atoms with Crippen molar-refractivity contribution >= 4 is 5.69 Å². The Bertz CT molecular complexity index is 219. The number of rotatable bonds is 1. The molecule has 5 heteroatoms. The second-order valence-electron chi connectivity index (χ2n) is 1.99. The van der Waals surface area contributed by atoms with E-state index >= 15 is 0 Å². The van der Waals surface area contributed by atoms with Crippen molar-refractivity contribution < 1.29 is 17.9 Å². The lowest BCUT2D eigenvalue weighted by Crippen LogP contribution is -2.20. The van der Waals surface area contributed by atoms with E-state index in [2.05, 4.69) is 0 Å². The third kappa shape index (κ3) is 3.80. The van der Waals surface area contributed by atoms with Gasteiger partial charge >= 0.3 is 6.30 Å². The summed E-state index contributed by atoms with van der Waals surface area (Å²) < 4.78 is 34.9. The molecule has 0 heterocycles. The Morgan fingerprint density at radius 1 is 1.00 bits per heavy atom. The van der Waals surface area contributed by atoms with Gasteiger partial charge in [-0.3, -0.25) is 10.0 Å². The van der Waals surface area contributed by atoms with Gasteiger partial charge in [0.15, 0.2) is 0 Å². The minimum absolute atomic E-state index is 0. The smallest absolute Gasteiger partial charge is 0.298 e. The molecule has 0 bridgehead atoms. The molecule has 1 rings (SSSR count). The van der Waals surface area contributed by atoms with Crippen molar-refractivity contribution in [2.75, 3.05) is 5.32 Å².